The Morgan fingerprint density at radius 1 is 0.941 bits per heavy atom. The molecular weight excluding hydrogens is 424 g/mol. The van der Waals surface area contributed by atoms with Gasteiger partial charge >= 0.3 is 0 Å². The summed E-state index contributed by atoms with van der Waals surface area (Å²) in [5, 5.41) is 9.88. The maximum atomic E-state index is 4.64. The van der Waals surface area contributed by atoms with Gasteiger partial charge in [0.05, 0.1) is 22.4 Å². The van der Waals surface area contributed by atoms with Gasteiger partial charge < -0.3 is 9.88 Å². The Kier molecular flexibility index (Phi) is 4.74. The molecule has 0 saturated heterocycles. The van der Waals surface area contributed by atoms with Crippen LogP contribution in [0.2, 0.25) is 0 Å². The molecule has 0 radical (unpaired) electrons. The molecule has 34 heavy (non-hydrogen) atoms. The lowest BCUT2D eigenvalue weighted by molar-refractivity contribution is 0.402. The third kappa shape index (κ3) is 3.54. The Hall–Kier alpha value is -4.30. The SMILES string of the molecule is Cc1cn(-c2nccc3[nH]c(-c4n[nH]c5ccc(-c6cncc(CN(C)C)c6)cc45)cc23)cn1. The van der Waals surface area contributed by atoms with Crippen molar-refractivity contribution in [2.75, 3.05) is 14.1 Å². The molecule has 0 amide bonds. The standard InChI is InChI=1S/C26H24N8/c1-16-13-34(15-29-16)26-21-10-24(30-22(21)6-7-28-26)25-20-9-18(4-5-23(20)31-32-25)19-8-17(11-27-12-19)14-33(2)3/h4-13,15,30H,14H2,1-3H3,(H,31,32). The van der Waals surface area contributed by atoms with E-state index in [1.54, 1.807) is 6.33 Å². The van der Waals surface area contributed by atoms with Crippen LogP contribution in [0.3, 0.4) is 0 Å². The van der Waals surface area contributed by atoms with Gasteiger partial charge in [0.25, 0.3) is 0 Å². The van der Waals surface area contributed by atoms with Gasteiger partial charge in [-0.05, 0) is 62.5 Å². The predicted molar refractivity (Wildman–Crippen MR) is 134 cm³/mol. The number of benzene rings is 1. The molecule has 8 heteroatoms. The van der Waals surface area contributed by atoms with Crippen LogP contribution in [0.25, 0.3) is 50.1 Å². The lowest BCUT2D eigenvalue weighted by Crippen LogP contribution is -2.10. The number of aromatic nitrogens is 7. The van der Waals surface area contributed by atoms with Crippen molar-refractivity contribution in [1.82, 2.24) is 39.6 Å². The second kappa shape index (κ2) is 7.93. The van der Waals surface area contributed by atoms with E-state index in [1.165, 1.54) is 5.56 Å². The Labute approximate surface area is 196 Å². The number of fused-ring (bicyclic) bond motifs is 2. The molecule has 0 spiro atoms. The minimum absolute atomic E-state index is 0.838. The Balaban J connectivity index is 1.45. The quantitative estimate of drug-likeness (QED) is 0.398. The fraction of sp³-hybridized carbons (Fsp3) is 0.154. The average Bonchev–Trinajstić information content (AvgIpc) is 3.55. The Morgan fingerprint density at radius 2 is 1.85 bits per heavy atom. The van der Waals surface area contributed by atoms with Crippen LogP contribution in [0.15, 0.2) is 67.5 Å². The van der Waals surface area contributed by atoms with Crippen LogP contribution in [0.4, 0.5) is 0 Å². The van der Waals surface area contributed by atoms with E-state index in [1.807, 2.05) is 42.3 Å². The van der Waals surface area contributed by atoms with Crippen LogP contribution >= 0.6 is 0 Å². The van der Waals surface area contributed by atoms with E-state index in [2.05, 4.69) is 79.5 Å². The third-order valence-corrected chi connectivity index (χ3v) is 5.93. The summed E-state index contributed by atoms with van der Waals surface area (Å²) in [6.07, 6.45) is 9.40. The van der Waals surface area contributed by atoms with Crippen molar-refractivity contribution in [3.63, 3.8) is 0 Å². The van der Waals surface area contributed by atoms with E-state index in [-0.39, 0.29) is 0 Å². The van der Waals surface area contributed by atoms with Gasteiger partial charge in [-0.25, -0.2) is 9.97 Å². The van der Waals surface area contributed by atoms with Crippen molar-refractivity contribution in [3.8, 4) is 28.3 Å². The topological polar surface area (TPSA) is 91.3 Å². The van der Waals surface area contributed by atoms with Crippen LogP contribution in [0.5, 0.6) is 0 Å². The van der Waals surface area contributed by atoms with Gasteiger partial charge in [0.15, 0.2) is 0 Å². The van der Waals surface area contributed by atoms with Gasteiger partial charge in [0.1, 0.15) is 17.8 Å². The largest absolute Gasteiger partial charge is 0.353 e. The molecule has 0 aliphatic heterocycles. The minimum atomic E-state index is 0.838. The van der Waals surface area contributed by atoms with E-state index in [0.29, 0.717) is 0 Å². The molecule has 0 unspecified atom stereocenters. The fourth-order valence-electron chi connectivity index (χ4n) is 4.41. The number of nitrogens with zero attached hydrogens (tertiary/aromatic N) is 6. The fourth-order valence-corrected chi connectivity index (χ4v) is 4.41. The monoisotopic (exact) mass is 448 g/mol. The molecule has 0 saturated carbocycles. The summed E-state index contributed by atoms with van der Waals surface area (Å²) in [6.45, 7) is 2.82. The maximum absolute atomic E-state index is 4.64. The Bertz CT molecular complexity index is 1640. The van der Waals surface area contributed by atoms with Crippen molar-refractivity contribution >= 4 is 21.8 Å². The van der Waals surface area contributed by atoms with Crippen LogP contribution < -0.4 is 0 Å². The highest BCUT2D eigenvalue weighted by Crippen LogP contribution is 2.33. The van der Waals surface area contributed by atoms with Gasteiger partial charge in [-0.15, -0.1) is 0 Å². The van der Waals surface area contributed by atoms with Crippen LogP contribution in [-0.4, -0.2) is 53.7 Å². The van der Waals surface area contributed by atoms with Crippen molar-refractivity contribution < 1.29 is 0 Å². The van der Waals surface area contributed by atoms with Crippen LogP contribution in [0.1, 0.15) is 11.3 Å². The highest BCUT2D eigenvalue weighted by Gasteiger charge is 2.15. The second-order valence-electron chi connectivity index (χ2n) is 8.85. The minimum Gasteiger partial charge on any atom is -0.353 e. The zero-order valence-electron chi connectivity index (χ0n) is 19.2. The number of hydrogen-bond donors (Lipinski definition) is 2. The molecule has 0 atom stereocenters. The molecule has 5 aromatic heterocycles. The molecule has 0 bridgehead atoms. The van der Waals surface area contributed by atoms with Crippen LogP contribution in [-0.2, 0) is 6.54 Å². The number of hydrogen-bond acceptors (Lipinski definition) is 5. The normalized spacial score (nSPS) is 11.8. The molecule has 1 aromatic carbocycles. The summed E-state index contributed by atoms with van der Waals surface area (Å²) < 4.78 is 1.95. The van der Waals surface area contributed by atoms with E-state index >= 15 is 0 Å². The molecule has 0 aliphatic rings. The summed E-state index contributed by atoms with van der Waals surface area (Å²) in [4.78, 5) is 19.1. The molecule has 5 heterocycles. The van der Waals surface area contributed by atoms with Crippen molar-refractivity contribution in [2.24, 2.45) is 0 Å². The first-order valence-corrected chi connectivity index (χ1v) is 11.1. The second-order valence-corrected chi connectivity index (χ2v) is 8.85. The van der Waals surface area contributed by atoms with Gasteiger partial charge in [-0.1, -0.05) is 6.07 Å². The molecule has 0 fully saturated rings. The summed E-state index contributed by atoms with van der Waals surface area (Å²) in [5.74, 6) is 0.838. The first-order chi connectivity index (χ1) is 16.5. The highest BCUT2D eigenvalue weighted by molar-refractivity contribution is 5.98. The number of imidazole rings is 1. The van der Waals surface area contributed by atoms with Gasteiger partial charge in [0.2, 0.25) is 0 Å². The number of pyridine rings is 2. The molecule has 6 rings (SSSR count). The summed E-state index contributed by atoms with van der Waals surface area (Å²) in [6, 6.07) is 12.6. The van der Waals surface area contributed by atoms with Crippen molar-refractivity contribution in [1.29, 1.82) is 0 Å². The molecular formula is C26H24N8. The first-order valence-electron chi connectivity index (χ1n) is 11.1. The zero-order valence-corrected chi connectivity index (χ0v) is 19.2. The van der Waals surface area contributed by atoms with E-state index in [0.717, 1.165) is 62.4 Å². The molecule has 0 aliphatic carbocycles. The molecule has 168 valence electrons. The lowest BCUT2D eigenvalue weighted by Gasteiger charge is -2.10. The number of rotatable bonds is 5. The number of aromatic amines is 2. The van der Waals surface area contributed by atoms with Gasteiger partial charge in [0, 0.05) is 47.7 Å². The van der Waals surface area contributed by atoms with Crippen molar-refractivity contribution in [2.45, 2.75) is 13.5 Å². The van der Waals surface area contributed by atoms with Gasteiger partial charge in [-0.2, -0.15) is 5.10 Å². The smallest absolute Gasteiger partial charge is 0.147 e. The zero-order chi connectivity index (χ0) is 23.2. The maximum Gasteiger partial charge on any atom is 0.147 e. The van der Waals surface area contributed by atoms with Gasteiger partial charge in [-0.3, -0.25) is 14.6 Å². The highest BCUT2D eigenvalue weighted by atomic mass is 15.1. The first kappa shape index (κ1) is 20.3. The number of H-pyrrole nitrogens is 2. The molecule has 6 aromatic rings. The van der Waals surface area contributed by atoms with E-state index < -0.39 is 0 Å². The molecule has 2 N–H and O–H groups in total. The summed E-state index contributed by atoms with van der Waals surface area (Å²) in [7, 11) is 4.12. The van der Waals surface area contributed by atoms with Crippen LogP contribution in [0, 0.1) is 6.92 Å². The summed E-state index contributed by atoms with van der Waals surface area (Å²) in [5.41, 5.74) is 8.12. The summed E-state index contributed by atoms with van der Waals surface area (Å²) >= 11 is 0. The number of aryl methyl sites for hydroxylation is 1. The van der Waals surface area contributed by atoms with E-state index in [4.69, 9.17) is 0 Å². The average molecular weight is 449 g/mol. The van der Waals surface area contributed by atoms with E-state index in [9.17, 15) is 0 Å². The number of nitrogens with one attached hydrogen (secondary N) is 2. The van der Waals surface area contributed by atoms with Crippen molar-refractivity contribution in [3.05, 3.63) is 78.8 Å². The Morgan fingerprint density at radius 3 is 2.68 bits per heavy atom. The molecule has 8 nitrogen and oxygen atoms in total. The third-order valence-electron chi connectivity index (χ3n) is 5.93. The lowest BCUT2D eigenvalue weighted by atomic mass is 10.0. The predicted octanol–water partition coefficient (Wildman–Crippen LogP) is 4.72.